The average Bonchev–Trinajstić information content (AvgIpc) is 3.33. The minimum atomic E-state index is -0.480. The summed E-state index contributed by atoms with van der Waals surface area (Å²) in [4.78, 5) is 26.8. The van der Waals surface area contributed by atoms with Gasteiger partial charge in [0.05, 0.1) is 23.5 Å². The lowest BCUT2D eigenvalue weighted by Gasteiger charge is -2.11. The van der Waals surface area contributed by atoms with Gasteiger partial charge in [0.2, 0.25) is 0 Å². The van der Waals surface area contributed by atoms with E-state index < -0.39 is 4.92 Å². The number of carbonyl (C=O) groups excluding carboxylic acids is 1. The van der Waals surface area contributed by atoms with E-state index in [1.165, 1.54) is 30.1 Å². The Morgan fingerprint density at radius 1 is 1.17 bits per heavy atom. The molecule has 0 unspecified atom stereocenters. The molecule has 36 heavy (non-hydrogen) atoms. The second-order valence-corrected chi connectivity index (χ2v) is 8.18. The SMILES string of the molecule is CCOc1ccc(-n2c(SCC(=O)N/N=C\c3ccc([N+](=O)[O-])cc3)nnc2-c2cccnc2)cc1. The molecule has 4 aromatic rings. The van der Waals surface area contributed by atoms with Crippen LogP contribution in [0.4, 0.5) is 5.69 Å². The third-order valence-electron chi connectivity index (χ3n) is 4.80. The highest BCUT2D eigenvalue weighted by Gasteiger charge is 2.17. The van der Waals surface area contributed by atoms with E-state index in [0.29, 0.717) is 23.2 Å². The van der Waals surface area contributed by atoms with E-state index in [2.05, 4.69) is 25.7 Å². The lowest BCUT2D eigenvalue weighted by atomic mass is 10.2. The van der Waals surface area contributed by atoms with E-state index in [9.17, 15) is 14.9 Å². The number of ether oxygens (including phenoxy) is 1. The fourth-order valence-corrected chi connectivity index (χ4v) is 3.90. The minimum absolute atomic E-state index is 0.0186. The van der Waals surface area contributed by atoms with Crippen molar-refractivity contribution in [1.82, 2.24) is 25.2 Å². The molecule has 0 aliphatic carbocycles. The van der Waals surface area contributed by atoms with E-state index in [1.54, 1.807) is 24.5 Å². The topological polar surface area (TPSA) is 137 Å². The monoisotopic (exact) mass is 503 g/mol. The zero-order valence-electron chi connectivity index (χ0n) is 19.1. The Balaban J connectivity index is 1.47. The number of benzene rings is 2. The third kappa shape index (κ3) is 6.10. The Bertz CT molecular complexity index is 1360. The number of hydrazone groups is 1. The van der Waals surface area contributed by atoms with Crippen molar-refractivity contribution < 1.29 is 14.5 Å². The molecule has 2 heterocycles. The van der Waals surface area contributed by atoms with Gasteiger partial charge in [-0.25, -0.2) is 5.43 Å². The fraction of sp³-hybridized carbons (Fsp3) is 0.125. The molecule has 11 nitrogen and oxygen atoms in total. The number of nitrogens with zero attached hydrogens (tertiary/aromatic N) is 6. The Hall–Kier alpha value is -4.58. The molecule has 0 saturated heterocycles. The fourth-order valence-electron chi connectivity index (χ4n) is 3.16. The van der Waals surface area contributed by atoms with Gasteiger partial charge in [-0.2, -0.15) is 5.10 Å². The van der Waals surface area contributed by atoms with E-state index in [-0.39, 0.29) is 17.3 Å². The summed E-state index contributed by atoms with van der Waals surface area (Å²) in [6.07, 6.45) is 4.79. The van der Waals surface area contributed by atoms with Crippen molar-refractivity contribution in [1.29, 1.82) is 0 Å². The van der Waals surface area contributed by atoms with Gasteiger partial charge in [-0.15, -0.1) is 10.2 Å². The molecule has 2 aromatic heterocycles. The standard InChI is InChI=1S/C24H21N7O4S/c1-2-35-21-11-9-19(10-12-21)30-23(18-4-3-13-25-15-18)28-29-24(30)36-16-22(32)27-26-14-17-5-7-20(8-6-17)31(33)34/h3-15H,2,16H2,1H3,(H,27,32)/b26-14-. The number of nitro groups is 1. The Labute approximate surface area is 210 Å². The number of aromatic nitrogens is 4. The quantitative estimate of drug-likeness (QED) is 0.149. The number of hydrogen-bond donors (Lipinski definition) is 1. The number of thioether (sulfide) groups is 1. The summed E-state index contributed by atoms with van der Waals surface area (Å²) in [5.74, 6) is 1.03. The normalized spacial score (nSPS) is 10.9. The number of nitrogens with one attached hydrogen (secondary N) is 1. The highest BCUT2D eigenvalue weighted by Crippen LogP contribution is 2.28. The molecule has 0 atom stereocenters. The van der Waals surface area contributed by atoms with Gasteiger partial charge in [0.15, 0.2) is 11.0 Å². The number of rotatable bonds is 10. The molecule has 4 rings (SSSR count). The number of non-ortho nitro benzene ring substituents is 1. The third-order valence-corrected chi connectivity index (χ3v) is 5.73. The van der Waals surface area contributed by atoms with Crippen LogP contribution in [0.2, 0.25) is 0 Å². The second-order valence-electron chi connectivity index (χ2n) is 7.24. The van der Waals surface area contributed by atoms with E-state index in [1.807, 2.05) is 47.9 Å². The summed E-state index contributed by atoms with van der Waals surface area (Å²) >= 11 is 1.21. The minimum Gasteiger partial charge on any atom is -0.494 e. The number of nitro benzene ring substituents is 1. The largest absolute Gasteiger partial charge is 0.494 e. The molecule has 0 radical (unpaired) electrons. The lowest BCUT2D eigenvalue weighted by Crippen LogP contribution is -2.20. The summed E-state index contributed by atoms with van der Waals surface area (Å²) in [5, 5.41) is 23.8. The van der Waals surface area contributed by atoms with Crippen LogP contribution in [0.25, 0.3) is 17.1 Å². The number of hydrogen-bond acceptors (Lipinski definition) is 9. The average molecular weight is 504 g/mol. The molecule has 0 bridgehead atoms. The molecule has 0 aliphatic heterocycles. The molecule has 0 saturated carbocycles. The van der Waals surface area contributed by atoms with Gasteiger partial charge in [0.25, 0.3) is 11.6 Å². The summed E-state index contributed by atoms with van der Waals surface area (Å²) in [6, 6.07) is 17.0. The molecule has 2 aromatic carbocycles. The molecule has 1 N–H and O–H groups in total. The molecular formula is C24H21N7O4S. The van der Waals surface area contributed by atoms with Gasteiger partial charge < -0.3 is 4.74 Å². The summed E-state index contributed by atoms with van der Waals surface area (Å²) in [7, 11) is 0. The maximum atomic E-state index is 12.4. The van der Waals surface area contributed by atoms with Gasteiger partial charge >= 0.3 is 0 Å². The lowest BCUT2D eigenvalue weighted by molar-refractivity contribution is -0.384. The first-order valence-electron chi connectivity index (χ1n) is 10.8. The van der Waals surface area contributed by atoms with Crippen LogP contribution in [-0.2, 0) is 4.79 Å². The molecule has 12 heteroatoms. The molecule has 0 fully saturated rings. The van der Waals surface area contributed by atoms with Crippen LogP contribution in [0.3, 0.4) is 0 Å². The van der Waals surface area contributed by atoms with Crippen molar-refractivity contribution in [3.8, 4) is 22.8 Å². The van der Waals surface area contributed by atoms with Gasteiger partial charge in [0, 0.05) is 35.8 Å². The van der Waals surface area contributed by atoms with E-state index in [4.69, 9.17) is 4.74 Å². The van der Waals surface area contributed by atoms with Crippen molar-refractivity contribution in [2.45, 2.75) is 12.1 Å². The zero-order valence-corrected chi connectivity index (χ0v) is 20.0. The molecule has 182 valence electrons. The molecule has 1 amide bonds. The summed E-state index contributed by atoms with van der Waals surface area (Å²) in [6.45, 7) is 2.49. The van der Waals surface area contributed by atoms with Crippen LogP contribution in [0, 0.1) is 10.1 Å². The highest BCUT2D eigenvalue weighted by molar-refractivity contribution is 7.99. The number of carbonyl (C=O) groups is 1. The Morgan fingerprint density at radius 3 is 2.61 bits per heavy atom. The zero-order chi connectivity index (χ0) is 25.3. The molecule has 0 spiro atoms. The van der Waals surface area contributed by atoms with E-state index >= 15 is 0 Å². The van der Waals surface area contributed by atoms with Crippen LogP contribution in [0.5, 0.6) is 5.75 Å². The van der Waals surface area contributed by atoms with E-state index in [0.717, 1.165) is 17.0 Å². The predicted octanol–water partition coefficient (Wildman–Crippen LogP) is 3.88. The maximum Gasteiger partial charge on any atom is 0.269 e. The molecule has 0 aliphatic rings. The molecular weight excluding hydrogens is 482 g/mol. The first kappa shape index (κ1) is 24.5. The van der Waals surface area contributed by atoms with Crippen molar-refractivity contribution >= 4 is 29.6 Å². The van der Waals surface area contributed by atoms with Crippen LogP contribution in [0.1, 0.15) is 12.5 Å². The number of amides is 1. The predicted molar refractivity (Wildman–Crippen MR) is 135 cm³/mol. The summed E-state index contributed by atoms with van der Waals surface area (Å²) in [5.41, 5.74) is 4.63. The first-order chi connectivity index (χ1) is 17.5. The Morgan fingerprint density at radius 2 is 1.94 bits per heavy atom. The van der Waals surface area contributed by atoms with Gasteiger partial charge in [-0.3, -0.25) is 24.5 Å². The van der Waals surface area contributed by atoms with Gasteiger partial charge in [0.1, 0.15) is 5.75 Å². The van der Waals surface area contributed by atoms with Crippen molar-refractivity contribution in [2.24, 2.45) is 5.10 Å². The van der Waals surface area contributed by atoms with Crippen LogP contribution in [-0.4, -0.2) is 49.2 Å². The van der Waals surface area contributed by atoms with Crippen LogP contribution in [0.15, 0.2) is 83.3 Å². The first-order valence-corrected chi connectivity index (χ1v) is 11.8. The van der Waals surface area contributed by atoms with Crippen molar-refractivity contribution in [3.63, 3.8) is 0 Å². The highest BCUT2D eigenvalue weighted by atomic mass is 32.2. The number of pyridine rings is 1. The summed E-state index contributed by atoms with van der Waals surface area (Å²) < 4.78 is 7.39. The van der Waals surface area contributed by atoms with Crippen LogP contribution < -0.4 is 10.2 Å². The van der Waals surface area contributed by atoms with Crippen LogP contribution >= 0.6 is 11.8 Å². The second kappa shape index (κ2) is 11.7. The van der Waals surface area contributed by atoms with Crippen molar-refractivity contribution in [2.75, 3.05) is 12.4 Å². The Kier molecular flexibility index (Phi) is 7.98. The maximum absolute atomic E-state index is 12.4. The van der Waals surface area contributed by atoms with Gasteiger partial charge in [-0.1, -0.05) is 11.8 Å². The van der Waals surface area contributed by atoms with Crippen molar-refractivity contribution in [3.05, 3.63) is 88.7 Å². The van der Waals surface area contributed by atoms with Gasteiger partial charge in [-0.05, 0) is 61.0 Å². The smallest absolute Gasteiger partial charge is 0.269 e.